The van der Waals surface area contributed by atoms with E-state index in [9.17, 15) is 23.6 Å². The molecule has 4 rings (SSSR count). The summed E-state index contributed by atoms with van der Waals surface area (Å²) in [5.41, 5.74) is 2.39. The van der Waals surface area contributed by atoms with Gasteiger partial charge in [0.1, 0.15) is 16.7 Å². The molecule has 3 aromatic rings. The smallest absolute Gasteiger partial charge is 0.253 e. The van der Waals surface area contributed by atoms with Crippen LogP contribution in [0.15, 0.2) is 71.9 Å². The quantitative estimate of drug-likeness (QED) is 0.515. The van der Waals surface area contributed by atoms with Crippen LogP contribution in [0.3, 0.4) is 0 Å². The number of amides is 1. The fraction of sp³-hybridized carbons (Fsp3) is 0.321. The van der Waals surface area contributed by atoms with Gasteiger partial charge in [-0.2, -0.15) is 9.57 Å². The number of likely N-dealkylation sites (N-methyl/N-ethyl adjacent to an activating group) is 1. The number of aliphatic hydroxyl groups excluding tert-OH is 1. The largest absolute Gasteiger partial charge is 0.487 e. The van der Waals surface area contributed by atoms with Crippen LogP contribution in [0.5, 0.6) is 5.75 Å². The van der Waals surface area contributed by atoms with Gasteiger partial charge in [-0.1, -0.05) is 25.1 Å². The Morgan fingerprint density at radius 2 is 1.92 bits per heavy atom. The maximum Gasteiger partial charge on any atom is 0.253 e. The fourth-order valence-electron chi connectivity index (χ4n) is 4.46. The highest BCUT2D eigenvalue weighted by Crippen LogP contribution is 2.36. The van der Waals surface area contributed by atoms with Gasteiger partial charge in [0.15, 0.2) is 0 Å². The Morgan fingerprint density at radius 3 is 2.61 bits per heavy atom. The van der Waals surface area contributed by atoms with Gasteiger partial charge in [0.2, 0.25) is 10.0 Å². The number of sulfonamides is 1. The normalized spacial score (nSPS) is 19.7. The summed E-state index contributed by atoms with van der Waals surface area (Å²) in [6, 6.07) is 16.6. The number of hydrogen-bond acceptors (Lipinski definition) is 7. The van der Waals surface area contributed by atoms with Crippen LogP contribution >= 0.6 is 0 Å². The SMILES string of the molecule is C[C@@H]1CN([C@H](C)CO)S(=O)(=O)c2ccc(-c3cccc(C#N)c3)cc2O[C@@H]1CN(C)C(=O)c1ccncc1. The fourth-order valence-corrected chi connectivity index (χ4v) is 6.28. The molecule has 10 heteroatoms. The van der Waals surface area contributed by atoms with Crippen LogP contribution in [0, 0.1) is 17.2 Å². The van der Waals surface area contributed by atoms with E-state index in [-0.39, 0.29) is 42.2 Å². The molecule has 38 heavy (non-hydrogen) atoms. The van der Waals surface area contributed by atoms with E-state index in [1.165, 1.54) is 10.4 Å². The number of ether oxygens (including phenoxy) is 1. The molecule has 0 unspecified atom stereocenters. The highest BCUT2D eigenvalue weighted by atomic mass is 32.2. The average Bonchev–Trinajstić information content (AvgIpc) is 2.94. The first-order valence-corrected chi connectivity index (χ1v) is 13.7. The molecule has 0 bridgehead atoms. The van der Waals surface area contributed by atoms with Crippen molar-refractivity contribution in [2.75, 3.05) is 26.7 Å². The zero-order valence-electron chi connectivity index (χ0n) is 21.5. The highest BCUT2D eigenvalue weighted by Gasteiger charge is 2.38. The topological polar surface area (TPSA) is 124 Å². The number of hydrogen-bond donors (Lipinski definition) is 1. The van der Waals surface area contributed by atoms with Gasteiger partial charge in [-0.05, 0) is 54.4 Å². The van der Waals surface area contributed by atoms with E-state index in [4.69, 9.17) is 4.74 Å². The minimum Gasteiger partial charge on any atom is -0.487 e. The molecule has 0 saturated carbocycles. The molecule has 1 amide bonds. The summed E-state index contributed by atoms with van der Waals surface area (Å²) >= 11 is 0. The van der Waals surface area contributed by atoms with Crippen LogP contribution in [0.2, 0.25) is 0 Å². The third-order valence-electron chi connectivity index (χ3n) is 6.72. The average molecular weight is 535 g/mol. The predicted molar refractivity (Wildman–Crippen MR) is 142 cm³/mol. The molecule has 198 valence electrons. The van der Waals surface area contributed by atoms with E-state index in [1.807, 2.05) is 13.0 Å². The third-order valence-corrected chi connectivity index (χ3v) is 8.74. The summed E-state index contributed by atoms with van der Waals surface area (Å²) in [6.45, 7) is 3.50. The minimum absolute atomic E-state index is 0.0157. The summed E-state index contributed by atoms with van der Waals surface area (Å²) in [6.07, 6.45) is 2.55. The number of nitriles is 1. The zero-order valence-corrected chi connectivity index (χ0v) is 22.3. The number of aromatic nitrogens is 1. The number of fused-ring (bicyclic) bond motifs is 1. The van der Waals surface area contributed by atoms with Crippen LogP contribution in [0.1, 0.15) is 29.8 Å². The van der Waals surface area contributed by atoms with Crippen molar-refractivity contribution >= 4 is 15.9 Å². The lowest BCUT2D eigenvalue weighted by Gasteiger charge is -2.37. The van der Waals surface area contributed by atoms with Crippen LogP contribution < -0.4 is 4.74 Å². The molecular weight excluding hydrogens is 504 g/mol. The minimum atomic E-state index is -4.00. The Bertz CT molecular complexity index is 1460. The number of carbonyl (C=O) groups is 1. The second-order valence-electron chi connectivity index (χ2n) is 9.52. The number of pyridine rings is 1. The molecule has 9 nitrogen and oxygen atoms in total. The molecule has 0 aliphatic carbocycles. The van der Waals surface area contributed by atoms with Crippen LogP contribution in [0.25, 0.3) is 11.1 Å². The van der Waals surface area contributed by atoms with Crippen molar-refractivity contribution < 1.29 is 23.1 Å². The lowest BCUT2D eigenvalue weighted by Crippen LogP contribution is -2.50. The van der Waals surface area contributed by atoms with Crippen molar-refractivity contribution in [2.24, 2.45) is 5.92 Å². The Balaban J connectivity index is 1.76. The lowest BCUT2D eigenvalue weighted by atomic mass is 10.0. The summed E-state index contributed by atoms with van der Waals surface area (Å²) in [5.74, 6) is -0.368. The van der Waals surface area contributed by atoms with Crippen molar-refractivity contribution in [1.82, 2.24) is 14.2 Å². The van der Waals surface area contributed by atoms with Crippen LogP contribution in [-0.4, -0.2) is 72.5 Å². The van der Waals surface area contributed by atoms with Gasteiger partial charge < -0.3 is 14.7 Å². The van der Waals surface area contributed by atoms with E-state index in [0.717, 1.165) is 5.56 Å². The Hall–Kier alpha value is -3.78. The molecule has 2 heterocycles. The molecule has 0 spiro atoms. The van der Waals surface area contributed by atoms with Gasteiger partial charge in [0.05, 0.1) is 24.8 Å². The van der Waals surface area contributed by atoms with E-state index in [2.05, 4.69) is 11.1 Å². The second-order valence-corrected chi connectivity index (χ2v) is 11.4. The maximum absolute atomic E-state index is 13.7. The predicted octanol–water partition coefficient (Wildman–Crippen LogP) is 3.16. The standard InChI is InChI=1S/C28H30N4O5S/c1-19-16-32(20(2)18-33)38(35,36)27-8-7-24(23-6-4-5-21(13-23)15-29)14-25(27)37-26(19)17-31(3)28(34)22-9-11-30-12-10-22/h4-14,19-20,26,33H,16-18H2,1-3H3/t19-,20-,26-/m1/s1. The molecule has 3 atom stereocenters. The van der Waals surface area contributed by atoms with Gasteiger partial charge in [0.25, 0.3) is 5.91 Å². The van der Waals surface area contributed by atoms with Gasteiger partial charge in [-0.3, -0.25) is 9.78 Å². The number of rotatable bonds is 6. The Morgan fingerprint density at radius 1 is 1.21 bits per heavy atom. The van der Waals surface area contributed by atoms with Crippen LogP contribution in [-0.2, 0) is 10.0 Å². The highest BCUT2D eigenvalue weighted by molar-refractivity contribution is 7.89. The first-order valence-electron chi connectivity index (χ1n) is 12.2. The lowest BCUT2D eigenvalue weighted by molar-refractivity contribution is 0.0564. The Labute approximate surface area is 223 Å². The number of nitrogens with zero attached hydrogens (tertiary/aromatic N) is 4. The van der Waals surface area contributed by atoms with Crippen molar-refractivity contribution in [1.29, 1.82) is 5.26 Å². The Kier molecular flexibility index (Phi) is 8.11. The number of benzene rings is 2. The van der Waals surface area contributed by atoms with Crippen molar-refractivity contribution in [3.8, 4) is 22.9 Å². The summed E-state index contributed by atoms with van der Waals surface area (Å²) in [5, 5.41) is 19.1. The molecular formula is C28H30N4O5S. The van der Waals surface area contributed by atoms with Crippen molar-refractivity contribution in [3.05, 3.63) is 78.1 Å². The summed E-state index contributed by atoms with van der Waals surface area (Å²) in [4.78, 5) is 18.5. The van der Waals surface area contributed by atoms with E-state index < -0.39 is 22.2 Å². The van der Waals surface area contributed by atoms with E-state index in [1.54, 1.807) is 73.7 Å². The second kappa shape index (κ2) is 11.3. The summed E-state index contributed by atoms with van der Waals surface area (Å²) < 4.78 is 35.1. The number of carbonyl (C=O) groups excluding carboxylic acids is 1. The van der Waals surface area contributed by atoms with Crippen molar-refractivity contribution in [2.45, 2.75) is 30.9 Å². The van der Waals surface area contributed by atoms with Gasteiger partial charge in [0, 0.05) is 43.5 Å². The van der Waals surface area contributed by atoms with Gasteiger partial charge >= 0.3 is 0 Å². The third kappa shape index (κ3) is 5.55. The first kappa shape index (κ1) is 27.3. The van der Waals surface area contributed by atoms with Crippen LogP contribution in [0.4, 0.5) is 0 Å². The molecule has 2 aromatic carbocycles. The van der Waals surface area contributed by atoms with E-state index in [0.29, 0.717) is 16.7 Å². The maximum atomic E-state index is 13.7. The van der Waals surface area contributed by atoms with Gasteiger partial charge in [-0.15, -0.1) is 0 Å². The monoisotopic (exact) mass is 534 g/mol. The molecule has 0 fully saturated rings. The molecule has 1 aliphatic heterocycles. The molecule has 1 aromatic heterocycles. The first-order chi connectivity index (χ1) is 18.1. The molecule has 0 radical (unpaired) electrons. The van der Waals surface area contributed by atoms with Crippen molar-refractivity contribution in [3.63, 3.8) is 0 Å². The molecule has 1 N–H and O–H groups in total. The summed E-state index contributed by atoms with van der Waals surface area (Å²) in [7, 11) is -2.33. The van der Waals surface area contributed by atoms with Gasteiger partial charge in [-0.25, -0.2) is 8.42 Å². The molecule has 0 saturated heterocycles. The molecule has 1 aliphatic rings. The van der Waals surface area contributed by atoms with E-state index >= 15 is 0 Å². The number of aliphatic hydroxyl groups is 1. The zero-order chi connectivity index (χ0) is 27.4.